The lowest BCUT2D eigenvalue weighted by Crippen LogP contribution is -2.12. The summed E-state index contributed by atoms with van der Waals surface area (Å²) in [7, 11) is -5.86. The van der Waals surface area contributed by atoms with E-state index in [-0.39, 0.29) is 20.0 Å². The second kappa shape index (κ2) is 7.27. The normalized spacial score (nSPS) is 12.3. The Kier molecular flexibility index (Phi) is 5.35. The number of rotatable bonds is 6. The molecule has 0 aliphatic carbocycles. The molecule has 0 saturated heterocycles. The number of methoxy groups -OCH3 is 1. The van der Waals surface area contributed by atoms with E-state index in [0.717, 1.165) is 11.3 Å². The second-order valence-electron chi connectivity index (χ2n) is 5.47. The van der Waals surface area contributed by atoms with E-state index in [9.17, 15) is 16.8 Å². The molecule has 2 aromatic carbocycles. The number of ether oxygens (including phenoxy) is 1. The zero-order chi connectivity index (χ0) is 19.8. The standard InChI is InChI=1S/C16H15ClN2O5S3/c1-3-26(20,21)16-18-13-6-4-10(8-15(13)25-16)19-27(22,23)11-5-7-14(24-2)12(17)9-11/h4-9,19H,3H2,1-2H3. The number of halogens is 1. The van der Waals surface area contributed by atoms with Crippen LogP contribution in [0.2, 0.25) is 5.02 Å². The summed E-state index contributed by atoms with van der Waals surface area (Å²) in [6, 6.07) is 8.77. The average Bonchev–Trinajstić information content (AvgIpc) is 3.05. The fourth-order valence-electron chi connectivity index (χ4n) is 2.25. The predicted molar refractivity (Wildman–Crippen MR) is 106 cm³/mol. The van der Waals surface area contributed by atoms with E-state index in [1.165, 1.54) is 31.4 Å². The van der Waals surface area contributed by atoms with Gasteiger partial charge in [-0.2, -0.15) is 0 Å². The molecular formula is C16H15ClN2O5S3. The lowest BCUT2D eigenvalue weighted by Gasteiger charge is -2.10. The van der Waals surface area contributed by atoms with Crippen molar-refractivity contribution in [3.05, 3.63) is 41.4 Å². The Balaban J connectivity index is 1.95. The van der Waals surface area contributed by atoms with Gasteiger partial charge in [0, 0.05) is 0 Å². The molecule has 1 N–H and O–H groups in total. The lowest BCUT2D eigenvalue weighted by atomic mass is 10.3. The first-order valence-electron chi connectivity index (χ1n) is 7.66. The van der Waals surface area contributed by atoms with Crippen LogP contribution in [0.1, 0.15) is 6.92 Å². The molecule has 0 bridgehead atoms. The van der Waals surface area contributed by atoms with Gasteiger partial charge >= 0.3 is 0 Å². The second-order valence-corrected chi connectivity index (χ2v) is 11.0. The van der Waals surface area contributed by atoms with Gasteiger partial charge in [-0.25, -0.2) is 21.8 Å². The van der Waals surface area contributed by atoms with Crippen molar-refractivity contribution in [3.8, 4) is 5.75 Å². The fraction of sp³-hybridized carbons (Fsp3) is 0.188. The molecule has 11 heteroatoms. The van der Waals surface area contributed by atoms with E-state index >= 15 is 0 Å². The van der Waals surface area contributed by atoms with E-state index in [0.29, 0.717) is 21.7 Å². The molecule has 0 aliphatic heterocycles. The number of hydrogen-bond donors (Lipinski definition) is 1. The molecule has 144 valence electrons. The van der Waals surface area contributed by atoms with Crippen LogP contribution < -0.4 is 9.46 Å². The third-order valence-electron chi connectivity index (χ3n) is 3.70. The van der Waals surface area contributed by atoms with Gasteiger partial charge in [0.05, 0.1) is 38.7 Å². The van der Waals surface area contributed by atoms with E-state index in [4.69, 9.17) is 16.3 Å². The quantitative estimate of drug-likeness (QED) is 0.621. The summed E-state index contributed by atoms with van der Waals surface area (Å²) in [5.41, 5.74) is 0.779. The van der Waals surface area contributed by atoms with Gasteiger partial charge in [0.15, 0.2) is 0 Å². The van der Waals surface area contributed by atoms with Gasteiger partial charge in [-0.3, -0.25) is 4.72 Å². The number of benzene rings is 2. The van der Waals surface area contributed by atoms with Crippen molar-refractivity contribution < 1.29 is 21.6 Å². The van der Waals surface area contributed by atoms with Crippen molar-refractivity contribution in [2.45, 2.75) is 16.2 Å². The number of fused-ring (bicyclic) bond motifs is 1. The Morgan fingerprint density at radius 1 is 1.15 bits per heavy atom. The van der Waals surface area contributed by atoms with Crippen molar-refractivity contribution in [2.75, 3.05) is 17.6 Å². The highest BCUT2D eigenvalue weighted by Gasteiger charge is 2.19. The summed E-state index contributed by atoms with van der Waals surface area (Å²) in [4.78, 5) is 4.08. The van der Waals surface area contributed by atoms with Gasteiger partial charge in [-0.05, 0) is 36.4 Å². The Labute approximate surface area is 165 Å². The third-order valence-corrected chi connectivity index (χ3v) is 8.58. The molecule has 0 saturated carbocycles. The first kappa shape index (κ1) is 19.9. The lowest BCUT2D eigenvalue weighted by molar-refractivity contribution is 0.414. The van der Waals surface area contributed by atoms with Crippen LogP contribution in [-0.2, 0) is 19.9 Å². The van der Waals surface area contributed by atoms with Crippen molar-refractivity contribution in [1.29, 1.82) is 0 Å². The molecule has 0 aliphatic rings. The van der Waals surface area contributed by atoms with Crippen LogP contribution in [0.25, 0.3) is 10.2 Å². The van der Waals surface area contributed by atoms with Crippen LogP contribution in [-0.4, -0.2) is 34.7 Å². The van der Waals surface area contributed by atoms with Crippen LogP contribution in [0.15, 0.2) is 45.6 Å². The van der Waals surface area contributed by atoms with Gasteiger partial charge in [-0.15, -0.1) is 11.3 Å². The first-order chi connectivity index (χ1) is 12.7. The number of nitrogens with one attached hydrogen (secondary N) is 1. The summed E-state index contributed by atoms with van der Waals surface area (Å²) in [5.74, 6) is 0.316. The van der Waals surface area contributed by atoms with Crippen molar-refractivity contribution in [1.82, 2.24) is 4.98 Å². The Bertz CT molecular complexity index is 1220. The van der Waals surface area contributed by atoms with Crippen LogP contribution in [0, 0.1) is 0 Å². The Hall–Kier alpha value is -1.88. The zero-order valence-electron chi connectivity index (χ0n) is 14.3. The average molecular weight is 447 g/mol. The Morgan fingerprint density at radius 2 is 1.89 bits per heavy atom. The van der Waals surface area contributed by atoms with Gasteiger partial charge < -0.3 is 4.74 Å². The molecule has 1 aromatic heterocycles. The van der Waals surface area contributed by atoms with Gasteiger partial charge in [0.2, 0.25) is 14.2 Å². The Morgan fingerprint density at radius 3 is 2.52 bits per heavy atom. The maximum absolute atomic E-state index is 12.6. The number of anilines is 1. The molecule has 0 amide bonds. The molecule has 7 nitrogen and oxygen atoms in total. The number of thiazole rings is 1. The number of sulfone groups is 1. The minimum absolute atomic E-state index is 0.0157. The number of aromatic nitrogens is 1. The van der Waals surface area contributed by atoms with Crippen molar-refractivity contribution >= 4 is 58.7 Å². The van der Waals surface area contributed by atoms with Crippen LogP contribution in [0.5, 0.6) is 5.75 Å². The van der Waals surface area contributed by atoms with E-state index in [2.05, 4.69) is 9.71 Å². The van der Waals surface area contributed by atoms with Gasteiger partial charge in [0.1, 0.15) is 5.75 Å². The highest BCUT2D eigenvalue weighted by Crippen LogP contribution is 2.31. The van der Waals surface area contributed by atoms with E-state index in [1.807, 2.05) is 0 Å². The maximum atomic E-state index is 12.6. The summed E-state index contributed by atoms with van der Waals surface area (Å²) in [6.45, 7) is 1.54. The molecule has 1 heterocycles. The molecule has 3 aromatic rings. The van der Waals surface area contributed by atoms with Crippen LogP contribution >= 0.6 is 22.9 Å². The van der Waals surface area contributed by atoms with Crippen molar-refractivity contribution in [2.24, 2.45) is 0 Å². The number of nitrogens with zero attached hydrogens (tertiary/aromatic N) is 1. The van der Waals surface area contributed by atoms with E-state index < -0.39 is 19.9 Å². The van der Waals surface area contributed by atoms with Crippen LogP contribution in [0.4, 0.5) is 5.69 Å². The molecule has 0 atom stereocenters. The highest BCUT2D eigenvalue weighted by molar-refractivity contribution is 7.93. The zero-order valence-corrected chi connectivity index (χ0v) is 17.5. The highest BCUT2D eigenvalue weighted by atomic mass is 35.5. The van der Waals surface area contributed by atoms with Crippen LogP contribution in [0.3, 0.4) is 0 Å². The third kappa shape index (κ3) is 4.03. The molecule has 0 fully saturated rings. The van der Waals surface area contributed by atoms with Gasteiger partial charge in [-0.1, -0.05) is 18.5 Å². The van der Waals surface area contributed by atoms with E-state index in [1.54, 1.807) is 19.1 Å². The minimum Gasteiger partial charge on any atom is -0.495 e. The summed E-state index contributed by atoms with van der Waals surface area (Å²) >= 11 is 7.00. The number of hydrogen-bond acceptors (Lipinski definition) is 7. The SMILES string of the molecule is CCS(=O)(=O)c1nc2ccc(NS(=O)(=O)c3ccc(OC)c(Cl)c3)cc2s1. The number of sulfonamides is 1. The summed E-state index contributed by atoms with van der Waals surface area (Å²) < 4.78 is 57.1. The molecule has 27 heavy (non-hydrogen) atoms. The molecule has 0 spiro atoms. The van der Waals surface area contributed by atoms with Gasteiger partial charge in [0.25, 0.3) is 10.0 Å². The molecular weight excluding hydrogens is 432 g/mol. The molecule has 0 radical (unpaired) electrons. The summed E-state index contributed by atoms with van der Waals surface area (Å²) in [6.07, 6.45) is 0. The fourth-order valence-corrected chi connectivity index (χ4v) is 6.00. The first-order valence-corrected chi connectivity index (χ1v) is 12.0. The topological polar surface area (TPSA) is 102 Å². The molecule has 3 rings (SSSR count). The monoisotopic (exact) mass is 446 g/mol. The smallest absolute Gasteiger partial charge is 0.261 e. The maximum Gasteiger partial charge on any atom is 0.261 e. The largest absolute Gasteiger partial charge is 0.495 e. The predicted octanol–water partition coefficient (Wildman–Crippen LogP) is 3.55. The minimum atomic E-state index is -3.88. The van der Waals surface area contributed by atoms with Crippen molar-refractivity contribution in [3.63, 3.8) is 0 Å². The molecule has 0 unspecified atom stereocenters. The summed E-state index contributed by atoms with van der Waals surface area (Å²) in [5, 5.41) is 0.174.